The van der Waals surface area contributed by atoms with Gasteiger partial charge in [-0.1, -0.05) is 0 Å². The first kappa shape index (κ1) is 17.8. The first-order valence-corrected chi connectivity index (χ1v) is 10.7. The van der Waals surface area contributed by atoms with Gasteiger partial charge in [-0.15, -0.1) is 11.3 Å². The Balaban J connectivity index is 1.66. The molecule has 1 aliphatic rings. The normalized spacial score (nSPS) is 16.5. The minimum absolute atomic E-state index is 0.251. The summed E-state index contributed by atoms with van der Waals surface area (Å²) in [7, 11) is -1.37. The Morgan fingerprint density at radius 2 is 2.00 bits per heavy atom. The van der Waals surface area contributed by atoms with E-state index >= 15 is 0 Å². The second kappa shape index (κ2) is 7.49. The van der Waals surface area contributed by atoms with Crippen molar-refractivity contribution in [3.8, 4) is 0 Å². The van der Waals surface area contributed by atoms with Crippen LogP contribution in [0.5, 0.6) is 0 Å². The van der Waals surface area contributed by atoms with Crippen LogP contribution in [0.15, 0.2) is 38.5 Å². The van der Waals surface area contributed by atoms with Crippen LogP contribution in [0.25, 0.3) is 0 Å². The zero-order valence-corrected chi connectivity index (χ0v) is 16.5. The van der Waals surface area contributed by atoms with Gasteiger partial charge in [0.2, 0.25) is 10.0 Å². The van der Waals surface area contributed by atoms with Gasteiger partial charge in [0, 0.05) is 38.9 Å². The highest BCUT2D eigenvalue weighted by Crippen LogP contribution is 2.26. The lowest BCUT2D eigenvalue weighted by Gasteiger charge is -2.33. The summed E-state index contributed by atoms with van der Waals surface area (Å²) in [5.74, 6) is 0.902. The van der Waals surface area contributed by atoms with Crippen molar-refractivity contribution in [2.45, 2.75) is 10.8 Å². The van der Waals surface area contributed by atoms with Gasteiger partial charge in [-0.05, 0) is 52.8 Å². The van der Waals surface area contributed by atoms with Crippen molar-refractivity contribution in [1.29, 1.82) is 0 Å². The number of rotatable bonds is 5. The number of anilines is 1. The van der Waals surface area contributed by atoms with Crippen molar-refractivity contribution in [1.82, 2.24) is 14.6 Å². The summed E-state index contributed by atoms with van der Waals surface area (Å²) in [5.41, 5.74) is 0.901. The van der Waals surface area contributed by atoms with Crippen LogP contribution in [0.2, 0.25) is 0 Å². The second-order valence-corrected chi connectivity index (χ2v) is 10.2. The Kier molecular flexibility index (Phi) is 5.56. The first-order chi connectivity index (χ1) is 11.4. The van der Waals surface area contributed by atoms with Crippen LogP contribution in [0.4, 0.5) is 5.82 Å². The van der Waals surface area contributed by atoms with Gasteiger partial charge in [0.1, 0.15) is 10.0 Å². The number of nitrogens with zero attached hydrogens (tertiary/aromatic N) is 3. The monoisotopic (exact) mass is 430 g/mol. The third-order valence-corrected chi connectivity index (χ3v) is 7.43. The molecule has 3 heterocycles. The molecule has 0 saturated carbocycles. The van der Waals surface area contributed by atoms with Gasteiger partial charge in [0.15, 0.2) is 0 Å². The number of thiophene rings is 1. The maximum Gasteiger partial charge on any atom is 0.250 e. The summed E-state index contributed by atoms with van der Waals surface area (Å²) in [6, 6.07) is 7.13. The van der Waals surface area contributed by atoms with E-state index in [9.17, 15) is 8.42 Å². The molecule has 1 aliphatic heterocycles. The van der Waals surface area contributed by atoms with Gasteiger partial charge in [-0.25, -0.2) is 18.1 Å². The number of likely N-dealkylation sites (N-methyl/N-ethyl adjacent to an activating group) is 1. The molecule has 0 aliphatic carbocycles. The van der Waals surface area contributed by atoms with Crippen LogP contribution in [0.1, 0.15) is 5.56 Å². The molecular weight excluding hydrogens is 412 g/mol. The molecule has 9 heteroatoms. The lowest BCUT2D eigenvalue weighted by atomic mass is 10.2. The smallest absolute Gasteiger partial charge is 0.250 e. The van der Waals surface area contributed by atoms with E-state index in [4.69, 9.17) is 0 Å². The topological polar surface area (TPSA) is 65.5 Å². The van der Waals surface area contributed by atoms with Gasteiger partial charge in [0.25, 0.3) is 0 Å². The summed E-state index contributed by atoms with van der Waals surface area (Å²) in [5, 5.41) is 0. The number of nitrogens with one attached hydrogen (secondary N) is 1. The Bertz CT molecular complexity index is 801. The molecule has 0 spiro atoms. The third kappa shape index (κ3) is 4.34. The molecular formula is C15H19BrN4O2S2. The standard InChI is InChI=1S/C15H19BrN4O2S2/c1-19-6-8-20(9-7-19)14-10-12(4-5-17-14)11-18-24(21,22)15-3-2-13(16)23-15/h2-5,10,18H,6-9,11H2,1H3. The third-order valence-electron chi connectivity index (χ3n) is 3.92. The van der Waals surface area contributed by atoms with Gasteiger partial charge in [0.05, 0.1) is 3.79 Å². The minimum Gasteiger partial charge on any atom is -0.354 e. The molecule has 2 aromatic heterocycles. The summed E-state index contributed by atoms with van der Waals surface area (Å²) in [4.78, 5) is 8.94. The Morgan fingerprint density at radius 1 is 1.25 bits per heavy atom. The number of piperazine rings is 1. The van der Waals surface area contributed by atoms with E-state index in [-0.39, 0.29) is 6.54 Å². The molecule has 0 bridgehead atoms. The SMILES string of the molecule is CN1CCN(c2cc(CNS(=O)(=O)c3ccc(Br)s3)ccn2)CC1. The Labute approximate surface area is 154 Å². The number of sulfonamides is 1. The minimum atomic E-state index is -3.48. The van der Waals surface area contributed by atoms with E-state index in [1.54, 1.807) is 18.3 Å². The molecule has 1 N–H and O–H groups in total. The molecule has 2 aromatic rings. The highest BCUT2D eigenvalue weighted by Gasteiger charge is 2.18. The molecule has 0 radical (unpaired) electrons. The number of hydrogen-bond acceptors (Lipinski definition) is 6. The van der Waals surface area contributed by atoms with Crippen molar-refractivity contribution in [3.63, 3.8) is 0 Å². The van der Waals surface area contributed by atoms with Crippen molar-refractivity contribution in [2.24, 2.45) is 0 Å². The largest absolute Gasteiger partial charge is 0.354 e. The molecule has 0 atom stereocenters. The van der Waals surface area contributed by atoms with Crippen molar-refractivity contribution in [3.05, 3.63) is 39.8 Å². The van der Waals surface area contributed by atoms with Crippen LogP contribution >= 0.6 is 27.3 Å². The summed E-state index contributed by atoms with van der Waals surface area (Å²) < 4.78 is 28.3. The average Bonchev–Trinajstić information content (AvgIpc) is 3.02. The fourth-order valence-electron chi connectivity index (χ4n) is 2.47. The van der Waals surface area contributed by atoms with Crippen molar-refractivity contribution >= 4 is 43.1 Å². The van der Waals surface area contributed by atoms with Crippen LogP contribution in [0, 0.1) is 0 Å². The van der Waals surface area contributed by atoms with Gasteiger partial charge >= 0.3 is 0 Å². The predicted molar refractivity (Wildman–Crippen MR) is 100.0 cm³/mol. The fourth-order valence-corrected chi connectivity index (χ4v) is 5.54. The van der Waals surface area contributed by atoms with Gasteiger partial charge < -0.3 is 9.80 Å². The van der Waals surface area contributed by atoms with E-state index < -0.39 is 10.0 Å². The molecule has 0 amide bonds. The molecule has 24 heavy (non-hydrogen) atoms. The molecule has 130 valence electrons. The molecule has 1 fully saturated rings. The molecule has 0 unspecified atom stereocenters. The number of hydrogen-bond donors (Lipinski definition) is 1. The van der Waals surface area contributed by atoms with Crippen LogP contribution in [-0.4, -0.2) is 51.5 Å². The molecule has 3 rings (SSSR count). The van der Waals surface area contributed by atoms with E-state index in [1.807, 2.05) is 12.1 Å². The summed E-state index contributed by atoms with van der Waals surface area (Å²) in [6.45, 7) is 4.13. The highest BCUT2D eigenvalue weighted by molar-refractivity contribution is 9.11. The zero-order chi connectivity index (χ0) is 17.2. The molecule has 1 saturated heterocycles. The Hall–Kier alpha value is -1.000. The van der Waals surface area contributed by atoms with E-state index in [0.717, 1.165) is 41.3 Å². The first-order valence-electron chi connectivity index (χ1n) is 7.57. The van der Waals surface area contributed by atoms with Crippen LogP contribution in [0.3, 0.4) is 0 Å². The highest BCUT2D eigenvalue weighted by atomic mass is 79.9. The quantitative estimate of drug-likeness (QED) is 0.786. The molecule has 0 aromatic carbocycles. The number of pyridine rings is 1. The maximum absolute atomic E-state index is 12.3. The van der Waals surface area contributed by atoms with Crippen molar-refractivity contribution < 1.29 is 8.42 Å². The number of halogens is 1. The Morgan fingerprint density at radius 3 is 2.67 bits per heavy atom. The van der Waals surface area contributed by atoms with E-state index in [2.05, 4.69) is 42.5 Å². The molecule has 6 nitrogen and oxygen atoms in total. The average molecular weight is 431 g/mol. The fraction of sp³-hybridized carbons (Fsp3) is 0.400. The summed E-state index contributed by atoms with van der Waals surface area (Å²) >= 11 is 4.48. The van der Waals surface area contributed by atoms with Gasteiger partial charge in [-0.3, -0.25) is 0 Å². The van der Waals surface area contributed by atoms with Gasteiger partial charge in [-0.2, -0.15) is 0 Å². The van der Waals surface area contributed by atoms with Crippen molar-refractivity contribution in [2.75, 3.05) is 38.1 Å². The lowest BCUT2D eigenvalue weighted by molar-refractivity contribution is 0.312. The lowest BCUT2D eigenvalue weighted by Crippen LogP contribution is -2.44. The predicted octanol–water partition coefficient (Wildman–Crippen LogP) is 2.14. The zero-order valence-electron chi connectivity index (χ0n) is 13.3. The maximum atomic E-state index is 12.3. The number of aromatic nitrogens is 1. The summed E-state index contributed by atoms with van der Waals surface area (Å²) in [6.07, 6.45) is 1.74. The van der Waals surface area contributed by atoms with Crippen LogP contribution < -0.4 is 9.62 Å². The van der Waals surface area contributed by atoms with E-state index in [1.165, 1.54) is 11.3 Å². The van der Waals surface area contributed by atoms with E-state index in [0.29, 0.717) is 4.21 Å². The van der Waals surface area contributed by atoms with Crippen LogP contribution in [-0.2, 0) is 16.6 Å². The second-order valence-electron chi connectivity index (χ2n) is 5.70.